The molecule has 1 aliphatic heterocycles. The van der Waals surface area contributed by atoms with Gasteiger partial charge in [0.2, 0.25) is 5.91 Å². The number of likely N-dealkylation sites (N-methyl/N-ethyl adjacent to an activating group) is 1. The lowest BCUT2D eigenvalue weighted by Crippen LogP contribution is -2.51. The monoisotopic (exact) mass is 280 g/mol. The fourth-order valence-corrected chi connectivity index (χ4v) is 2.21. The Morgan fingerprint density at radius 2 is 2.00 bits per heavy atom. The molecule has 8 nitrogen and oxygen atoms in total. The third kappa shape index (κ3) is 3.08. The highest BCUT2D eigenvalue weighted by Gasteiger charge is 2.25. The van der Waals surface area contributed by atoms with E-state index in [0.717, 1.165) is 0 Å². The van der Waals surface area contributed by atoms with Crippen LogP contribution in [0.4, 0.5) is 5.69 Å². The topological polar surface area (TPSA) is 96.5 Å². The predicted molar refractivity (Wildman–Crippen MR) is 74.0 cm³/mol. The first kappa shape index (κ1) is 14.3. The number of carbonyl (C=O) groups excluding carboxylic acids is 2. The number of nitrogens with two attached hydrogens (primary N) is 1. The van der Waals surface area contributed by atoms with E-state index < -0.39 is 0 Å². The summed E-state index contributed by atoms with van der Waals surface area (Å²) in [6.45, 7) is 2.86. The molecule has 0 aliphatic carbocycles. The number of nitrogen functional groups attached to an aromatic ring is 1. The van der Waals surface area contributed by atoms with Gasteiger partial charge < -0.3 is 16.0 Å². The molecule has 2 amide bonds. The molecule has 0 unspecified atom stereocenters. The van der Waals surface area contributed by atoms with Crippen LogP contribution in [0.15, 0.2) is 6.20 Å². The molecule has 0 atom stereocenters. The normalized spacial score (nSPS) is 16.2. The molecule has 0 aromatic carbocycles. The van der Waals surface area contributed by atoms with E-state index in [9.17, 15) is 9.59 Å². The summed E-state index contributed by atoms with van der Waals surface area (Å²) in [7, 11) is 3.35. The minimum absolute atomic E-state index is 0.0150. The van der Waals surface area contributed by atoms with Gasteiger partial charge in [-0.1, -0.05) is 0 Å². The molecule has 0 saturated carbocycles. The Morgan fingerprint density at radius 1 is 1.35 bits per heavy atom. The van der Waals surface area contributed by atoms with Gasteiger partial charge in [-0.15, -0.1) is 0 Å². The molecule has 1 aromatic rings. The number of carbonyl (C=O) groups is 2. The van der Waals surface area contributed by atoms with Gasteiger partial charge >= 0.3 is 0 Å². The van der Waals surface area contributed by atoms with Gasteiger partial charge in [-0.2, -0.15) is 5.10 Å². The summed E-state index contributed by atoms with van der Waals surface area (Å²) in [4.78, 5) is 27.3. The summed E-state index contributed by atoms with van der Waals surface area (Å²) in [6, 6.07) is 0. The molecule has 110 valence electrons. The van der Waals surface area contributed by atoms with Crippen molar-refractivity contribution in [3.8, 4) is 0 Å². The molecule has 2 heterocycles. The Kier molecular flexibility index (Phi) is 4.23. The number of aromatic nitrogens is 2. The van der Waals surface area contributed by atoms with Gasteiger partial charge in [0, 0.05) is 46.5 Å². The smallest absolute Gasteiger partial charge is 0.276 e. The SMILES string of the molecule is CNC(=O)CN1CCN(C(=O)c2nn(C)cc2N)CC1. The fraction of sp³-hybridized carbons (Fsp3) is 0.583. The number of rotatable bonds is 3. The first-order chi connectivity index (χ1) is 9.51. The number of aryl methyl sites for hydroxylation is 1. The average Bonchev–Trinajstić information content (AvgIpc) is 2.77. The minimum atomic E-state index is -0.150. The quantitative estimate of drug-likeness (QED) is 0.703. The molecule has 1 aromatic heterocycles. The predicted octanol–water partition coefficient (Wildman–Crippen LogP) is -1.49. The van der Waals surface area contributed by atoms with Crippen molar-refractivity contribution in [2.45, 2.75) is 0 Å². The van der Waals surface area contributed by atoms with Crippen molar-refractivity contribution in [2.75, 3.05) is 45.5 Å². The number of piperazine rings is 1. The zero-order chi connectivity index (χ0) is 14.7. The van der Waals surface area contributed by atoms with Gasteiger partial charge in [0.25, 0.3) is 5.91 Å². The van der Waals surface area contributed by atoms with Gasteiger partial charge in [0.15, 0.2) is 5.69 Å². The Hall–Kier alpha value is -2.09. The van der Waals surface area contributed by atoms with E-state index in [4.69, 9.17) is 5.73 Å². The van der Waals surface area contributed by atoms with E-state index in [2.05, 4.69) is 10.4 Å². The molecule has 20 heavy (non-hydrogen) atoms. The maximum Gasteiger partial charge on any atom is 0.276 e. The van der Waals surface area contributed by atoms with Crippen molar-refractivity contribution in [3.63, 3.8) is 0 Å². The third-order valence-corrected chi connectivity index (χ3v) is 3.37. The van der Waals surface area contributed by atoms with Crippen LogP contribution in [0.3, 0.4) is 0 Å². The summed E-state index contributed by atoms with van der Waals surface area (Å²) in [5.74, 6) is -0.165. The number of nitrogens with one attached hydrogen (secondary N) is 1. The molecular weight excluding hydrogens is 260 g/mol. The van der Waals surface area contributed by atoms with E-state index in [1.54, 1.807) is 25.2 Å². The number of anilines is 1. The average molecular weight is 280 g/mol. The van der Waals surface area contributed by atoms with Crippen molar-refractivity contribution < 1.29 is 9.59 Å². The van der Waals surface area contributed by atoms with E-state index >= 15 is 0 Å². The number of amides is 2. The maximum atomic E-state index is 12.3. The minimum Gasteiger partial charge on any atom is -0.396 e. The van der Waals surface area contributed by atoms with Crippen LogP contribution >= 0.6 is 0 Å². The van der Waals surface area contributed by atoms with E-state index in [1.165, 1.54) is 4.68 Å². The first-order valence-corrected chi connectivity index (χ1v) is 6.52. The van der Waals surface area contributed by atoms with Gasteiger partial charge in [0.05, 0.1) is 12.2 Å². The van der Waals surface area contributed by atoms with Crippen molar-refractivity contribution in [1.29, 1.82) is 0 Å². The van der Waals surface area contributed by atoms with Crippen molar-refractivity contribution in [1.82, 2.24) is 24.9 Å². The second-order valence-corrected chi connectivity index (χ2v) is 4.85. The summed E-state index contributed by atoms with van der Waals surface area (Å²) >= 11 is 0. The van der Waals surface area contributed by atoms with Gasteiger partial charge in [-0.05, 0) is 0 Å². The summed E-state index contributed by atoms with van der Waals surface area (Å²) in [6.07, 6.45) is 1.62. The summed E-state index contributed by atoms with van der Waals surface area (Å²) in [5, 5.41) is 6.68. The van der Waals surface area contributed by atoms with Gasteiger partial charge in [-0.3, -0.25) is 19.2 Å². The van der Waals surface area contributed by atoms with Crippen LogP contribution in [0.25, 0.3) is 0 Å². The molecule has 1 aliphatic rings. The molecule has 8 heteroatoms. The lowest BCUT2D eigenvalue weighted by molar-refractivity contribution is -0.122. The Labute approximate surface area is 117 Å². The van der Waals surface area contributed by atoms with Crippen LogP contribution in [0.1, 0.15) is 10.5 Å². The highest BCUT2D eigenvalue weighted by molar-refractivity contribution is 5.97. The fourth-order valence-electron chi connectivity index (χ4n) is 2.21. The van der Waals surface area contributed by atoms with Gasteiger partial charge in [0.1, 0.15) is 0 Å². The molecule has 0 radical (unpaired) electrons. The lowest BCUT2D eigenvalue weighted by Gasteiger charge is -2.33. The molecule has 0 bridgehead atoms. The van der Waals surface area contributed by atoms with Crippen LogP contribution in [0, 0.1) is 0 Å². The van der Waals surface area contributed by atoms with E-state index in [0.29, 0.717) is 44.1 Å². The lowest BCUT2D eigenvalue weighted by atomic mass is 10.2. The molecule has 0 spiro atoms. The van der Waals surface area contributed by atoms with E-state index in [-0.39, 0.29) is 11.8 Å². The Balaban J connectivity index is 1.92. The van der Waals surface area contributed by atoms with Crippen LogP contribution in [0.5, 0.6) is 0 Å². The van der Waals surface area contributed by atoms with Crippen LogP contribution < -0.4 is 11.1 Å². The van der Waals surface area contributed by atoms with Crippen molar-refractivity contribution in [2.24, 2.45) is 7.05 Å². The van der Waals surface area contributed by atoms with Crippen molar-refractivity contribution >= 4 is 17.5 Å². The van der Waals surface area contributed by atoms with Crippen LogP contribution in [0.2, 0.25) is 0 Å². The molecule has 3 N–H and O–H groups in total. The molecule has 1 saturated heterocycles. The van der Waals surface area contributed by atoms with Crippen LogP contribution in [-0.2, 0) is 11.8 Å². The third-order valence-electron chi connectivity index (χ3n) is 3.37. The zero-order valence-electron chi connectivity index (χ0n) is 11.8. The maximum absolute atomic E-state index is 12.3. The summed E-state index contributed by atoms with van der Waals surface area (Å²) in [5.41, 5.74) is 6.46. The van der Waals surface area contributed by atoms with E-state index in [1.807, 2.05) is 4.90 Å². The second kappa shape index (κ2) is 5.91. The van der Waals surface area contributed by atoms with Crippen LogP contribution in [-0.4, -0.2) is 71.2 Å². The standard InChI is InChI=1S/C12H20N6O2/c1-14-10(19)8-17-3-5-18(6-4-17)12(20)11-9(13)7-16(2)15-11/h7H,3-6,8,13H2,1-2H3,(H,14,19). The van der Waals surface area contributed by atoms with Gasteiger partial charge in [-0.25, -0.2) is 0 Å². The summed E-state index contributed by atoms with van der Waals surface area (Å²) < 4.78 is 1.53. The Bertz CT molecular complexity index is 504. The highest BCUT2D eigenvalue weighted by Crippen LogP contribution is 2.13. The number of nitrogens with zero attached hydrogens (tertiary/aromatic N) is 4. The molecule has 2 rings (SSSR count). The Morgan fingerprint density at radius 3 is 2.50 bits per heavy atom. The molecule has 1 fully saturated rings. The molecular formula is C12H20N6O2. The number of hydrogen-bond donors (Lipinski definition) is 2. The van der Waals surface area contributed by atoms with Crippen molar-refractivity contribution in [3.05, 3.63) is 11.9 Å². The highest BCUT2D eigenvalue weighted by atomic mass is 16.2. The number of hydrogen-bond acceptors (Lipinski definition) is 5. The first-order valence-electron chi connectivity index (χ1n) is 6.52. The second-order valence-electron chi connectivity index (χ2n) is 4.85. The largest absolute Gasteiger partial charge is 0.396 e. The zero-order valence-corrected chi connectivity index (χ0v) is 11.8.